The molecule has 2 rings (SSSR count). The lowest BCUT2D eigenvalue weighted by atomic mass is 10.1. The Morgan fingerprint density at radius 1 is 1.17 bits per heavy atom. The van der Waals surface area contributed by atoms with Crippen LogP contribution in [-0.4, -0.2) is 54.6 Å². The molecule has 0 aromatic heterocycles. The Morgan fingerprint density at radius 2 is 1.79 bits per heavy atom. The molecule has 1 heterocycles. The normalized spacial score (nSPS) is 16.9. The lowest BCUT2D eigenvalue weighted by molar-refractivity contribution is -0.145. The number of ether oxygens (including phenoxy) is 1. The summed E-state index contributed by atoms with van der Waals surface area (Å²) in [6, 6.07) is 9.83. The molecule has 0 aliphatic carbocycles. The van der Waals surface area contributed by atoms with Crippen molar-refractivity contribution in [3.8, 4) is 6.07 Å². The Labute approximate surface area is 144 Å². The van der Waals surface area contributed by atoms with E-state index in [0.29, 0.717) is 18.1 Å². The van der Waals surface area contributed by atoms with Gasteiger partial charge in [0.25, 0.3) is 5.91 Å². The molecule has 5 heteroatoms. The Bertz CT molecular complexity index is 569. The van der Waals surface area contributed by atoms with E-state index >= 15 is 0 Å². The summed E-state index contributed by atoms with van der Waals surface area (Å²) >= 11 is 0. The zero-order chi connectivity index (χ0) is 17.5. The van der Waals surface area contributed by atoms with E-state index < -0.39 is 0 Å². The van der Waals surface area contributed by atoms with Gasteiger partial charge in [-0.15, -0.1) is 0 Å². The van der Waals surface area contributed by atoms with Crippen LogP contribution in [0.25, 0.3) is 0 Å². The molecule has 130 valence electrons. The van der Waals surface area contributed by atoms with Gasteiger partial charge in [-0.1, -0.05) is 26.0 Å². The van der Waals surface area contributed by atoms with Gasteiger partial charge < -0.3 is 9.64 Å². The van der Waals surface area contributed by atoms with Gasteiger partial charge in [0, 0.05) is 39.3 Å². The van der Waals surface area contributed by atoms with E-state index in [0.717, 1.165) is 32.7 Å². The van der Waals surface area contributed by atoms with Gasteiger partial charge in [-0.2, -0.15) is 5.26 Å². The first kappa shape index (κ1) is 18.4. The first-order chi connectivity index (χ1) is 11.5. The number of nitrogens with zero attached hydrogens (tertiary/aromatic N) is 3. The fourth-order valence-corrected chi connectivity index (χ4v) is 2.73. The molecular weight excluding hydrogens is 302 g/mol. The van der Waals surface area contributed by atoms with E-state index in [9.17, 15) is 4.79 Å². The molecule has 0 N–H and O–H groups in total. The molecular formula is C19H27N3O2. The number of rotatable bonds is 6. The Morgan fingerprint density at radius 3 is 2.33 bits per heavy atom. The average molecular weight is 329 g/mol. The summed E-state index contributed by atoms with van der Waals surface area (Å²) in [5.74, 6) is 0.526. The first-order valence-corrected chi connectivity index (χ1v) is 8.61. The molecule has 24 heavy (non-hydrogen) atoms. The van der Waals surface area contributed by atoms with Gasteiger partial charge >= 0.3 is 0 Å². The van der Waals surface area contributed by atoms with Crippen molar-refractivity contribution in [1.29, 1.82) is 5.26 Å². The third-order valence-corrected chi connectivity index (χ3v) is 4.20. The molecule has 0 bridgehead atoms. The topological polar surface area (TPSA) is 56.6 Å². The van der Waals surface area contributed by atoms with E-state index in [1.807, 2.05) is 36.1 Å². The summed E-state index contributed by atoms with van der Waals surface area (Å²) in [5.41, 5.74) is 1.88. The van der Waals surface area contributed by atoms with Crippen molar-refractivity contribution >= 4 is 5.91 Å². The van der Waals surface area contributed by atoms with Gasteiger partial charge in [0.1, 0.15) is 6.10 Å². The van der Waals surface area contributed by atoms with Crippen molar-refractivity contribution in [1.82, 2.24) is 9.80 Å². The van der Waals surface area contributed by atoms with Crippen LogP contribution >= 0.6 is 0 Å². The van der Waals surface area contributed by atoms with Gasteiger partial charge in [0.15, 0.2) is 0 Å². The van der Waals surface area contributed by atoms with Crippen LogP contribution < -0.4 is 0 Å². The maximum atomic E-state index is 12.4. The zero-order valence-electron chi connectivity index (χ0n) is 14.9. The van der Waals surface area contributed by atoms with E-state index in [4.69, 9.17) is 10.00 Å². The van der Waals surface area contributed by atoms with Crippen LogP contribution in [-0.2, 0) is 16.1 Å². The molecule has 1 aliphatic heterocycles. The van der Waals surface area contributed by atoms with Crippen LogP contribution in [0.1, 0.15) is 31.9 Å². The van der Waals surface area contributed by atoms with E-state index in [-0.39, 0.29) is 12.0 Å². The van der Waals surface area contributed by atoms with Gasteiger partial charge in [-0.05, 0) is 30.5 Å². The molecule has 1 aromatic rings. The number of carbonyl (C=O) groups excluding carboxylic acids is 1. The molecule has 1 saturated heterocycles. The number of hydrogen-bond donors (Lipinski definition) is 0. The molecule has 1 fully saturated rings. The summed E-state index contributed by atoms with van der Waals surface area (Å²) < 4.78 is 5.63. The largest absolute Gasteiger partial charge is 0.368 e. The number of hydrogen-bond acceptors (Lipinski definition) is 4. The highest BCUT2D eigenvalue weighted by molar-refractivity contribution is 5.80. The smallest absolute Gasteiger partial charge is 0.251 e. The number of piperazine rings is 1. The fraction of sp³-hybridized carbons (Fsp3) is 0.579. The number of benzene rings is 1. The van der Waals surface area contributed by atoms with Gasteiger partial charge in [0.05, 0.1) is 11.6 Å². The summed E-state index contributed by atoms with van der Waals surface area (Å²) in [7, 11) is 0. The highest BCUT2D eigenvalue weighted by Gasteiger charge is 2.25. The lowest BCUT2D eigenvalue weighted by Crippen LogP contribution is -2.51. The molecule has 0 radical (unpaired) electrons. The number of nitriles is 1. The maximum Gasteiger partial charge on any atom is 0.251 e. The Hall–Kier alpha value is -1.90. The fourth-order valence-electron chi connectivity index (χ4n) is 2.73. The Balaban J connectivity index is 1.78. The number of carbonyl (C=O) groups is 1. The quantitative estimate of drug-likeness (QED) is 0.803. The summed E-state index contributed by atoms with van der Waals surface area (Å²) in [4.78, 5) is 16.6. The van der Waals surface area contributed by atoms with Crippen molar-refractivity contribution in [2.75, 3.05) is 32.8 Å². The van der Waals surface area contributed by atoms with E-state index in [1.165, 1.54) is 5.56 Å². The summed E-state index contributed by atoms with van der Waals surface area (Å²) in [5, 5.41) is 8.84. The second-order valence-electron chi connectivity index (χ2n) is 6.78. The Kier molecular flexibility index (Phi) is 6.77. The van der Waals surface area contributed by atoms with Crippen LogP contribution in [0.2, 0.25) is 0 Å². The van der Waals surface area contributed by atoms with Crippen LogP contribution in [0.3, 0.4) is 0 Å². The van der Waals surface area contributed by atoms with Crippen LogP contribution in [0, 0.1) is 17.2 Å². The van der Waals surface area contributed by atoms with E-state index in [2.05, 4.69) is 24.8 Å². The standard InChI is InChI=1S/C19H27N3O2/c1-15(2)14-24-16(3)19(23)22-10-8-21(9-11-22)13-18-6-4-17(12-20)5-7-18/h4-7,15-16H,8-11,13-14H2,1-3H3. The molecule has 0 spiro atoms. The van der Waals surface area contributed by atoms with Crippen LogP contribution in [0.4, 0.5) is 0 Å². The summed E-state index contributed by atoms with van der Waals surface area (Å²) in [6.07, 6.45) is -0.363. The van der Waals surface area contributed by atoms with Gasteiger partial charge in [-0.3, -0.25) is 9.69 Å². The molecule has 1 atom stereocenters. The van der Waals surface area contributed by atoms with Crippen LogP contribution in [0.15, 0.2) is 24.3 Å². The summed E-state index contributed by atoms with van der Waals surface area (Å²) in [6.45, 7) is 10.7. The zero-order valence-corrected chi connectivity index (χ0v) is 14.9. The van der Waals surface area contributed by atoms with Crippen molar-refractivity contribution in [2.45, 2.75) is 33.4 Å². The van der Waals surface area contributed by atoms with Crippen molar-refractivity contribution in [3.63, 3.8) is 0 Å². The van der Waals surface area contributed by atoms with Crippen molar-refractivity contribution in [3.05, 3.63) is 35.4 Å². The second-order valence-corrected chi connectivity index (χ2v) is 6.78. The minimum Gasteiger partial charge on any atom is -0.368 e. The maximum absolute atomic E-state index is 12.4. The predicted molar refractivity (Wildman–Crippen MR) is 93.3 cm³/mol. The molecule has 1 unspecified atom stereocenters. The highest BCUT2D eigenvalue weighted by Crippen LogP contribution is 2.11. The third-order valence-electron chi connectivity index (χ3n) is 4.20. The molecule has 0 saturated carbocycles. The predicted octanol–water partition coefficient (Wildman–Crippen LogP) is 2.26. The molecule has 1 aliphatic rings. The highest BCUT2D eigenvalue weighted by atomic mass is 16.5. The van der Waals surface area contributed by atoms with Crippen LogP contribution in [0.5, 0.6) is 0 Å². The minimum atomic E-state index is -0.363. The lowest BCUT2D eigenvalue weighted by Gasteiger charge is -2.36. The van der Waals surface area contributed by atoms with Crippen molar-refractivity contribution < 1.29 is 9.53 Å². The van der Waals surface area contributed by atoms with Gasteiger partial charge in [0.2, 0.25) is 0 Å². The van der Waals surface area contributed by atoms with Gasteiger partial charge in [-0.25, -0.2) is 0 Å². The minimum absolute atomic E-state index is 0.0914. The molecule has 1 aromatic carbocycles. The third kappa shape index (κ3) is 5.33. The SMILES string of the molecule is CC(C)COC(C)C(=O)N1CCN(Cc2ccc(C#N)cc2)CC1. The molecule has 1 amide bonds. The van der Waals surface area contributed by atoms with Crippen molar-refractivity contribution in [2.24, 2.45) is 5.92 Å². The molecule has 5 nitrogen and oxygen atoms in total. The number of amides is 1. The average Bonchev–Trinajstić information content (AvgIpc) is 2.60. The van der Waals surface area contributed by atoms with E-state index in [1.54, 1.807) is 0 Å². The first-order valence-electron chi connectivity index (χ1n) is 8.61. The second kappa shape index (κ2) is 8.81. The monoisotopic (exact) mass is 329 g/mol.